The van der Waals surface area contributed by atoms with Crippen molar-refractivity contribution in [1.82, 2.24) is 9.88 Å². The predicted molar refractivity (Wildman–Crippen MR) is 88.7 cm³/mol. The van der Waals surface area contributed by atoms with Crippen LogP contribution in [0.25, 0.3) is 0 Å². The van der Waals surface area contributed by atoms with Gasteiger partial charge < -0.3 is 4.90 Å². The van der Waals surface area contributed by atoms with Crippen LogP contribution in [0.3, 0.4) is 0 Å². The average molecular weight is 318 g/mol. The van der Waals surface area contributed by atoms with Gasteiger partial charge in [-0.25, -0.2) is 4.98 Å². The molecule has 0 saturated carbocycles. The number of thiazole rings is 1. The molecule has 1 aromatic carbocycles. The number of likely N-dealkylation sites (N-methyl/N-ethyl adjacent to an activating group) is 1. The van der Waals surface area contributed by atoms with Crippen molar-refractivity contribution in [2.45, 2.75) is 25.1 Å². The number of benzene rings is 1. The molecular formula is C16H18N2OS2. The highest BCUT2D eigenvalue weighted by atomic mass is 32.2. The fourth-order valence-electron chi connectivity index (χ4n) is 2.59. The highest BCUT2D eigenvalue weighted by Crippen LogP contribution is 2.38. The second kappa shape index (κ2) is 6.20. The summed E-state index contributed by atoms with van der Waals surface area (Å²) in [4.78, 5) is 20.0. The van der Waals surface area contributed by atoms with Gasteiger partial charge in [-0.15, -0.1) is 23.1 Å². The van der Waals surface area contributed by atoms with E-state index in [4.69, 9.17) is 0 Å². The van der Waals surface area contributed by atoms with Gasteiger partial charge in [0.1, 0.15) is 5.25 Å². The first-order valence-corrected chi connectivity index (χ1v) is 8.87. The Balaban J connectivity index is 1.76. The van der Waals surface area contributed by atoms with Crippen LogP contribution >= 0.6 is 23.1 Å². The Bertz CT molecular complexity index is 653. The fourth-order valence-corrected chi connectivity index (χ4v) is 4.74. The van der Waals surface area contributed by atoms with Crippen molar-refractivity contribution in [3.05, 3.63) is 51.5 Å². The summed E-state index contributed by atoms with van der Waals surface area (Å²) >= 11 is 3.41. The third-order valence-corrected chi connectivity index (χ3v) is 5.78. The third kappa shape index (κ3) is 3.14. The summed E-state index contributed by atoms with van der Waals surface area (Å²) in [6.07, 6.45) is 2.92. The molecule has 0 fully saturated rings. The highest BCUT2D eigenvalue weighted by Gasteiger charge is 2.29. The lowest BCUT2D eigenvalue weighted by molar-refractivity contribution is -0.129. The first-order valence-electron chi connectivity index (χ1n) is 7.01. The molecule has 3 nitrogen and oxygen atoms in total. The molecule has 0 unspecified atom stereocenters. The van der Waals surface area contributed by atoms with E-state index in [-0.39, 0.29) is 11.2 Å². The van der Waals surface area contributed by atoms with Crippen LogP contribution in [0.1, 0.15) is 26.3 Å². The van der Waals surface area contributed by atoms with Crippen LogP contribution < -0.4 is 0 Å². The Morgan fingerprint density at radius 1 is 1.43 bits per heavy atom. The van der Waals surface area contributed by atoms with Gasteiger partial charge in [-0.2, -0.15) is 0 Å². The summed E-state index contributed by atoms with van der Waals surface area (Å²) in [5.74, 6) is 1.21. The van der Waals surface area contributed by atoms with Gasteiger partial charge in [0.2, 0.25) is 5.91 Å². The molecule has 21 heavy (non-hydrogen) atoms. The zero-order valence-corrected chi connectivity index (χ0v) is 13.8. The van der Waals surface area contributed by atoms with Gasteiger partial charge >= 0.3 is 0 Å². The van der Waals surface area contributed by atoms with Gasteiger partial charge in [0.15, 0.2) is 0 Å². The lowest BCUT2D eigenvalue weighted by atomic mass is 10.0. The normalized spacial score (nSPS) is 17.3. The van der Waals surface area contributed by atoms with E-state index in [1.54, 1.807) is 23.1 Å². The molecule has 0 aliphatic carbocycles. The van der Waals surface area contributed by atoms with Gasteiger partial charge in [0, 0.05) is 18.1 Å². The van der Waals surface area contributed by atoms with E-state index in [1.807, 2.05) is 31.1 Å². The lowest BCUT2D eigenvalue weighted by Gasteiger charge is -2.28. The number of carbonyl (C=O) groups is 1. The molecule has 1 atom stereocenters. The van der Waals surface area contributed by atoms with Gasteiger partial charge in [0.25, 0.3) is 0 Å². The van der Waals surface area contributed by atoms with Crippen LogP contribution in [-0.4, -0.2) is 28.6 Å². The molecule has 1 amide bonds. The van der Waals surface area contributed by atoms with E-state index in [0.717, 1.165) is 22.1 Å². The number of hydrogen-bond donors (Lipinski definition) is 0. The molecular weight excluding hydrogens is 300 g/mol. The van der Waals surface area contributed by atoms with Crippen molar-refractivity contribution in [3.63, 3.8) is 0 Å². The first-order chi connectivity index (χ1) is 10.1. The molecule has 5 heteroatoms. The molecule has 0 bridgehead atoms. The van der Waals surface area contributed by atoms with Crippen molar-refractivity contribution in [2.75, 3.05) is 12.8 Å². The summed E-state index contributed by atoms with van der Waals surface area (Å²) in [7, 11) is 1.88. The van der Waals surface area contributed by atoms with E-state index in [2.05, 4.69) is 23.2 Å². The standard InChI is InChI=1S/C16H18N2OS2/c1-11-17-9-13(21-11)10-18(2)16(19)15-14-6-4-3-5-12(14)7-8-20-15/h3-6,9,15H,7-8,10H2,1-2H3/t15-/m0/s1. The minimum absolute atomic E-state index is 0.0611. The minimum atomic E-state index is -0.0611. The molecule has 0 radical (unpaired) electrons. The van der Waals surface area contributed by atoms with Crippen LogP contribution in [0, 0.1) is 6.92 Å². The maximum atomic E-state index is 12.8. The van der Waals surface area contributed by atoms with E-state index in [9.17, 15) is 4.79 Å². The summed E-state index contributed by atoms with van der Waals surface area (Å²) in [5, 5.41) is 0.984. The summed E-state index contributed by atoms with van der Waals surface area (Å²) < 4.78 is 0. The molecule has 110 valence electrons. The molecule has 2 heterocycles. The molecule has 1 aliphatic heterocycles. The van der Waals surface area contributed by atoms with Crippen LogP contribution in [-0.2, 0) is 17.8 Å². The molecule has 0 saturated heterocycles. The van der Waals surface area contributed by atoms with Crippen molar-refractivity contribution in [3.8, 4) is 0 Å². The zero-order valence-electron chi connectivity index (χ0n) is 12.2. The minimum Gasteiger partial charge on any atom is -0.339 e. The number of rotatable bonds is 3. The average Bonchev–Trinajstić information content (AvgIpc) is 2.91. The number of carbonyl (C=O) groups excluding carboxylic acids is 1. The van der Waals surface area contributed by atoms with Crippen LogP contribution in [0.15, 0.2) is 30.5 Å². The van der Waals surface area contributed by atoms with Crippen molar-refractivity contribution in [1.29, 1.82) is 0 Å². The number of aromatic nitrogens is 1. The molecule has 1 aromatic heterocycles. The SMILES string of the molecule is Cc1ncc(CN(C)C(=O)[C@H]2SCCc3ccccc32)s1. The summed E-state index contributed by atoms with van der Waals surface area (Å²) in [5.41, 5.74) is 2.50. The van der Waals surface area contributed by atoms with E-state index in [1.165, 1.54) is 11.1 Å². The molecule has 0 N–H and O–H groups in total. The highest BCUT2D eigenvalue weighted by molar-refractivity contribution is 8.00. The second-order valence-electron chi connectivity index (χ2n) is 5.24. The molecule has 1 aliphatic rings. The van der Waals surface area contributed by atoms with Crippen LogP contribution in [0.5, 0.6) is 0 Å². The summed E-state index contributed by atoms with van der Waals surface area (Å²) in [6.45, 7) is 2.63. The number of thioether (sulfide) groups is 1. The van der Waals surface area contributed by atoms with E-state index >= 15 is 0 Å². The maximum absolute atomic E-state index is 12.8. The molecule has 3 rings (SSSR count). The van der Waals surface area contributed by atoms with Gasteiger partial charge in [-0.05, 0) is 30.2 Å². The lowest BCUT2D eigenvalue weighted by Crippen LogP contribution is -2.31. The first kappa shape index (κ1) is 14.6. The quantitative estimate of drug-likeness (QED) is 0.869. The third-order valence-electron chi connectivity index (χ3n) is 3.66. The second-order valence-corrected chi connectivity index (χ2v) is 7.77. The Kier molecular flexibility index (Phi) is 4.31. The summed E-state index contributed by atoms with van der Waals surface area (Å²) in [6, 6.07) is 8.31. The number of nitrogens with zero attached hydrogens (tertiary/aromatic N) is 2. The van der Waals surface area contributed by atoms with Gasteiger partial charge in [-0.3, -0.25) is 4.79 Å². The van der Waals surface area contributed by atoms with Crippen molar-refractivity contribution in [2.24, 2.45) is 0 Å². The number of aryl methyl sites for hydroxylation is 2. The maximum Gasteiger partial charge on any atom is 0.240 e. The Labute approximate surface area is 133 Å². The number of fused-ring (bicyclic) bond motifs is 1. The zero-order chi connectivity index (χ0) is 14.8. The van der Waals surface area contributed by atoms with Gasteiger partial charge in [-0.1, -0.05) is 24.3 Å². The topological polar surface area (TPSA) is 33.2 Å². The van der Waals surface area contributed by atoms with E-state index in [0.29, 0.717) is 6.54 Å². The molecule has 0 spiro atoms. The van der Waals surface area contributed by atoms with Gasteiger partial charge in [0.05, 0.1) is 11.6 Å². The molecule has 2 aromatic rings. The smallest absolute Gasteiger partial charge is 0.240 e. The van der Waals surface area contributed by atoms with Crippen molar-refractivity contribution >= 4 is 29.0 Å². The number of amides is 1. The number of hydrogen-bond acceptors (Lipinski definition) is 4. The van der Waals surface area contributed by atoms with E-state index < -0.39 is 0 Å². The van der Waals surface area contributed by atoms with Crippen LogP contribution in [0.4, 0.5) is 0 Å². The Morgan fingerprint density at radius 3 is 3.00 bits per heavy atom. The monoisotopic (exact) mass is 318 g/mol. The Hall–Kier alpha value is -1.33. The predicted octanol–water partition coefficient (Wildman–Crippen LogP) is 3.44. The Morgan fingerprint density at radius 2 is 2.24 bits per heavy atom. The fraction of sp³-hybridized carbons (Fsp3) is 0.375. The van der Waals surface area contributed by atoms with Crippen LogP contribution in [0.2, 0.25) is 0 Å². The largest absolute Gasteiger partial charge is 0.339 e. The van der Waals surface area contributed by atoms with Crippen molar-refractivity contribution < 1.29 is 4.79 Å².